The summed E-state index contributed by atoms with van der Waals surface area (Å²) in [6.07, 6.45) is 3.81. The van der Waals surface area contributed by atoms with E-state index in [0.717, 1.165) is 0 Å². The van der Waals surface area contributed by atoms with E-state index in [1.807, 2.05) is 0 Å². The highest BCUT2D eigenvalue weighted by atomic mass is 35.5. The first-order chi connectivity index (χ1) is 17.1. The molecule has 3 rings (SSSR count). The number of amides is 3. The molecule has 6 N–H and O–H groups in total. The minimum atomic E-state index is -1.46. The molecule has 1 aromatic heterocycles. The number of aliphatic hydroxyl groups excluding tert-OH is 1. The van der Waals surface area contributed by atoms with Crippen molar-refractivity contribution >= 4 is 53.0 Å². The zero-order valence-corrected chi connectivity index (χ0v) is 20.3. The third kappa shape index (κ3) is 7.56. The van der Waals surface area contributed by atoms with Crippen molar-refractivity contribution in [2.24, 2.45) is 0 Å². The number of hydrogen-bond acceptors (Lipinski definition) is 7. The summed E-state index contributed by atoms with van der Waals surface area (Å²) in [7, 11) is 0. The number of carboxylic acids is 1. The number of carboxylic acid groups (broad SMARTS) is 1. The number of benzene rings is 1. The molecule has 192 valence electrons. The molecular formula is C23H24Cl2N4O7. The van der Waals surface area contributed by atoms with Crippen molar-refractivity contribution in [1.29, 1.82) is 0 Å². The predicted octanol–water partition coefficient (Wildman–Crippen LogP) is 0.938. The Labute approximate surface area is 215 Å². The Hall–Kier alpha value is -3.38. The van der Waals surface area contributed by atoms with Crippen molar-refractivity contribution in [3.8, 4) is 0 Å². The summed E-state index contributed by atoms with van der Waals surface area (Å²) in [5.74, 6) is -2.60. The van der Waals surface area contributed by atoms with Crippen LogP contribution in [0.25, 0.3) is 6.08 Å². The molecule has 11 nitrogen and oxygen atoms in total. The fourth-order valence-electron chi connectivity index (χ4n) is 3.41. The summed E-state index contributed by atoms with van der Waals surface area (Å²) >= 11 is 12.5. The van der Waals surface area contributed by atoms with Gasteiger partial charge in [-0.25, -0.2) is 4.79 Å². The number of carbonyl (C=O) groups excluding carboxylic acids is 3. The Morgan fingerprint density at radius 1 is 1.19 bits per heavy atom. The summed E-state index contributed by atoms with van der Waals surface area (Å²) < 4.78 is 5.10. The van der Waals surface area contributed by atoms with E-state index in [0.29, 0.717) is 11.3 Å². The van der Waals surface area contributed by atoms with Crippen LogP contribution in [0, 0.1) is 0 Å². The van der Waals surface area contributed by atoms with Crippen LogP contribution in [-0.4, -0.2) is 65.2 Å². The highest BCUT2D eigenvalue weighted by molar-refractivity contribution is 6.39. The quantitative estimate of drug-likeness (QED) is 0.242. The Bertz CT molecular complexity index is 1130. The molecule has 3 atom stereocenters. The summed E-state index contributed by atoms with van der Waals surface area (Å²) in [6.45, 7) is -0.0646. The fourth-order valence-corrected chi connectivity index (χ4v) is 4.11. The first-order valence-corrected chi connectivity index (χ1v) is 11.6. The molecule has 0 saturated carbocycles. The van der Waals surface area contributed by atoms with Crippen molar-refractivity contribution in [2.75, 3.05) is 13.1 Å². The van der Waals surface area contributed by atoms with E-state index in [-0.39, 0.29) is 41.7 Å². The number of furan rings is 1. The SMILES string of the molecule is O=C(/C=C/c1ccco1)NCc1cc(Cl)c(C(=O)N[C@@H](CNC(=O)[C@@H]2C[C@H](O)CN2)C(=O)O)c(Cl)c1. The van der Waals surface area contributed by atoms with Crippen LogP contribution in [0.1, 0.15) is 28.1 Å². The standard InChI is InChI=1S/C23H24Cl2N4O7/c24-15-6-12(9-27-19(31)4-3-14-2-1-5-36-14)7-16(25)20(15)22(33)29-18(23(34)35)11-28-21(32)17-8-13(30)10-26-17/h1-7,13,17-18,26,30H,8-11H2,(H,27,31)(H,28,32)(H,29,33)(H,34,35)/b4-3+/t13-,17-,18-/m0/s1. The van der Waals surface area contributed by atoms with Gasteiger partial charge in [-0.05, 0) is 42.3 Å². The molecule has 0 radical (unpaired) electrons. The van der Waals surface area contributed by atoms with E-state index in [9.17, 15) is 29.4 Å². The molecule has 0 aliphatic carbocycles. The summed E-state index contributed by atoms with van der Waals surface area (Å²) in [5.41, 5.74) is 0.360. The lowest BCUT2D eigenvalue weighted by Gasteiger charge is -2.18. The molecule has 2 heterocycles. The first kappa shape index (κ1) is 27.2. The minimum absolute atomic E-state index is 0.0484. The maximum atomic E-state index is 12.7. The smallest absolute Gasteiger partial charge is 0.328 e. The molecule has 1 saturated heterocycles. The van der Waals surface area contributed by atoms with E-state index in [1.165, 1.54) is 30.5 Å². The summed E-state index contributed by atoms with van der Waals surface area (Å²) in [4.78, 5) is 48.5. The van der Waals surface area contributed by atoms with E-state index in [2.05, 4.69) is 21.3 Å². The Kier molecular flexibility index (Phi) is 9.48. The Morgan fingerprint density at radius 2 is 1.92 bits per heavy atom. The summed E-state index contributed by atoms with van der Waals surface area (Å²) in [6, 6.07) is 4.12. The molecule has 2 aromatic rings. The van der Waals surface area contributed by atoms with Gasteiger partial charge in [0.2, 0.25) is 11.8 Å². The molecule has 1 aromatic carbocycles. The predicted molar refractivity (Wildman–Crippen MR) is 130 cm³/mol. The second kappa shape index (κ2) is 12.5. The van der Waals surface area contributed by atoms with Crippen LogP contribution in [-0.2, 0) is 20.9 Å². The third-order valence-electron chi connectivity index (χ3n) is 5.25. The number of aliphatic carboxylic acids is 1. The van der Waals surface area contributed by atoms with Crippen molar-refractivity contribution in [3.63, 3.8) is 0 Å². The van der Waals surface area contributed by atoms with Gasteiger partial charge >= 0.3 is 5.97 Å². The molecule has 3 amide bonds. The average molecular weight is 539 g/mol. The van der Waals surface area contributed by atoms with E-state index >= 15 is 0 Å². The highest BCUT2D eigenvalue weighted by Crippen LogP contribution is 2.27. The zero-order chi connectivity index (χ0) is 26.2. The van der Waals surface area contributed by atoms with Gasteiger partial charge in [0.1, 0.15) is 11.8 Å². The van der Waals surface area contributed by atoms with Crippen molar-refractivity contribution in [2.45, 2.75) is 31.2 Å². The zero-order valence-electron chi connectivity index (χ0n) is 18.8. The lowest BCUT2D eigenvalue weighted by molar-refractivity contribution is -0.139. The Morgan fingerprint density at radius 3 is 2.50 bits per heavy atom. The molecule has 1 aliphatic heterocycles. The van der Waals surface area contributed by atoms with Gasteiger partial charge in [0.15, 0.2) is 0 Å². The lowest BCUT2D eigenvalue weighted by atomic mass is 10.1. The molecule has 1 fully saturated rings. The third-order valence-corrected chi connectivity index (χ3v) is 5.84. The largest absolute Gasteiger partial charge is 0.480 e. The van der Waals surface area contributed by atoms with Crippen LogP contribution in [0.2, 0.25) is 10.0 Å². The Balaban J connectivity index is 1.57. The van der Waals surface area contributed by atoms with Crippen molar-refractivity contribution in [1.82, 2.24) is 21.3 Å². The van der Waals surface area contributed by atoms with E-state index in [4.69, 9.17) is 27.6 Å². The number of β-amino-alcohol motifs (C(OH)–C–C–N with tert-alkyl or cyclic N) is 1. The fraction of sp³-hybridized carbons (Fsp3) is 0.304. The van der Waals surface area contributed by atoms with Gasteiger partial charge in [-0.1, -0.05) is 23.2 Å². The van der Waals surface area contributed by atoms with Crippen LogP contribution >= 0.6 is 23.2 Å². The number of halogens is 2. The number of hydrogen-bond donors (Lipinski definition) is 6. The number of rotatable bonds is 10. The van der Waals surface area contributed by atoms with Crippen LogP contribution < -0.4 is 21.3 Å². The lowest BCUT2D eigenvalue weighted by Crippen LogP contribution is -2.51. The van der Waals surface area contributed by atoms with Crippen LogP contribution in [0.3, 0.4) is 0 Å². The van der Waals surface area contributed by atoms with E-state index < -0.39 is 41.9 Å². The van der Waals surface area contributed by atoms with Gasteiger partial charge in [-0.15, -0.1) is 0 Å². The molecule has 0 bridgehead atoms. The van der Waals surface area contributed by atoms with Gasteiger partial charge in [-0.2, -0.15) is 0 Å². The maximum absolute atomic E-state index is 12.7. The van der Waals surface area contributed by atoms with Gasteiger partial charge < -0.3 is 35.9 Å². The molecule has 36 heavy (non-hydrogen) atoms. The average Bonchev–Trinajstić information content (AvgIpc) is 3.50. The molecule has 13 heteroatoms. The van der Waals surface area contributed by atoms with Crippen molar-refractivity contribution < 1.29 is 33.8 Å². The number of aliphatic hydroxyl groups is 1. The van der Waals surface area contributed by atoms with Crippen LogP contribution in [0.4, 0.5) is 0 Å². The van der Waals surface area contributed by atoms with Gasteiger partial charge in [0.05, 0.1) is 34.0 Å². The van der Waals surface area contributed by atoms with Crippen LogP contribution in [0.15, 0.2) is 41.0 Å². The topological polar surface area (TPSA) is 170 Å². The normalized spacial score (nSPS) is 18.1. The highest BCUT2D eigenvalue weighted by Gasteiger charge is 2.30. The maximum Gasteiger partial charge on any atom is 0.328 e. The second-order valence-electron chi connectivity index (χ2n) is 7.96. The van der Waals surface area contributed by atoms with Crippen LogP contribution in [0.5, 0.6) is 0 Å². The molecule has 1 aliphatic rings. The van der Waals surface area contributed by atoms with E-state index in [1.54, 1.807) is 12.1 Å². The molecule has 0 spiro atoms. The minimum Gasteiger partial charge on any atom is -0.480 e. The van der Waals surface area contributed by atoms with Gasteiger partial charge in [0.25, 0.3) is 5.91 Å². The van der Waals surface area contributed by atoms with Gasteiger partial charge in [-0.3, -0.25) is 14.4 Å². The first-order valence-electron chi connectivity index (χ1n) is 10.8. The monoisotopic (exact) mass is 538 g/mol. The summed E-state index contributed by atoms with van der Waals surface area (Å²) in [5, 5.41) is 29.1. The number of carbonyl (C=O) groups is 4. The second-order valence-corrected chi connectivity index (χ2v) is 8.78. The molecule has 0 unspecified atom stereocenters. The molecular weight excluding hydrogens is 515 g/mol. The van der Waals surface area contributed by atoms with Gasteiger partial charge in [0, 0.05) is 25.7 Å². The number of nitrogens with one attached hydrogen (secondary N) is 4. The van der Waals surface area contributed by atoms with Crippen molar-refractivity contribution in [3.05, 3.63) is 63.5 Å².